The Balaban J connectivity index is 1.71. The Hall–Kier alpha value is -2.62. The third-order valence-electron chi connectivity index (χ3n) is 6.06. The van der Waals surface area contributed by atoms with Crippen LogP contribution in [0.5, 0.6) is 0 Å². The second-order valence-electron chi connectivity index (χ2n) is 9.43. The lowest BCUT2D eigenvalue weighted by Crippen LogP contribution is -2.51. The van der Waals surface area contributed by atoms with Crippen LogP contribution in [0, 0.1) is 6.92 Å². The van der Waals surface area contributed by atoms with Gasteiger partial charge in [-0.05, 0) is 87.8 Å². The lowest BCUT2D eigenvalue weighted by Gasteiger charge is -2.50. The Bertz CT molecular complexity index is 915. The highest BCUT2D eigenvalue weighted by Gasteiger charge is 2.37. The molecule has 1 amide bonds. The molecule has 0 saturated heterocycles. The van der Waals surface area contributed by atoms with Crippen LogP contribution in [-0.2, 0) is 11.2 Å². The number of hydrazone groups is 1. The number of nitrogens with zero attached hydrogens (tertiary/aromatic N) is 2. The van der Waals surface area contributed by atoms with Crippen LogP contribution in [-0.4, -0.2) is 23.7 Å². The summed E-state index contributed by atoms with van der Waals surface area (Å²) in [5.41, 5.74) is 8.91. The van der Waals surface area contributed by atoms with Gasteiger partial charge in [0, 0.05) is 23.7 Å². The molecule has 1 aliphatic rings. The molecule has 0 saturated carbocycles. The average Bonchev–Trinajstić information content (AvgIpc) is 2.67. The lowest BCUT2D eigenvalue weighted by atomic mass is 9.78. The molecule has 1 aliphatic heterocycles. The molecule has 0 radical (unpaired) electrons. The first-order valence-corrected chi connectivity index (χ1v) is 11.0. The molecule has 2 aromatic carbocycles. The van der Waals surface area contributed by atoms with Gasteiger partial charge < -0.3 is 4.90 Å². The van der Waals surface area contributed by atoms with Crippen molar-refractivity contribution >= 4 is 17.8 Å². The highest BCUT2D eigenvalue weighted by molar-refractivity contribution is 5.85. The number of nitrogens with one attached hydrogen (secondary N) is 1. The van der Waals surface area contributed by atoms with E-state index in [9.17, 15) is 4.79 Å². The van der Waals surface area contributed by atoms with Crippen molar-refractivity contribution < 1.29 is 4.79 Å². The first-order valence-electron chi connectivity index (χ1n) is 11.0. The zero-order valence-electron chi connectivity index (χ0n) is 19.2. The lowest BCUT2D eigenvalue weighted by molar-refractivity contribution is -0.121. The fourth-order valence-electron chi connectivity index (χ4n) is 4.86. The predicted molar refractivity (Wildman–Crippen MR) is 126 cm³/mol. The Morgan fingerprint density at radius 3 is 2.63 bits per heavy atom. The van der Waals surface area contributed by atoms with Crippen LogP contribution in [0.25, 0.3) is 0 Å². The number of carbonyl (C=O) groups is 1. The molecule has 0 bridgehead atoms. The molecule has 0 spiro atoms. The molecule has 0 unspecified atom stereocenters. The predicted octanol–water partition coefficient (Wildman–Crippen LogP) is 5.58. The molecule has 4 heteroatoms. The van der Waals surface area contributed by atoms with Crippen molar-refractivity contribution in [1.82, 2.24) is 5.43 Å². The Kier molecular flexibility index (Phi) is 6.64. The molecule has 1 N–H and O–H groups in total. The molecular weight excluding hydrogens is 370 g/mol. The largest absolute Gasteiger partial charge is 0.364 e. The quantitative estimate of drug-likeness (QED) is 0.504. The van der Waals surface area contributed by atoms with Crippen LogP contribution in [0.1, 0.15) is 75.6 Å². The molecular formula is C26H35N3O. The van der Waals surface area contributed by atoms with Crippen molar-refractivity contribution in [2.75, 3.05) is 4.90 Å². The van der Waals surface area contributed by atoms with E-state index in [0.29, 0.717) is 18.4 Å². The van der Waals surface area contributed by atoms with E-state index in [-0.39, 0.29) is 11.4 Å². The summed E-state index contributed by atoms with van der Waals surface area (Å²) in [6.07, 6.45) is 4.05. The Morgan fingerprint density at radius 1 is 1.27 bits per heavy atom. The topological polar surface area (TPSA) is 44.7 Å². The maximum atomic E-state index is 12.1. The van der Waals surface area contributed by atoms with E-state index in [0.717, 1.165) is 24.0 Å². The summed E-state index contributed by atoms with van der Waals surface area (Å²) in [6, 6.07) is 15.0. The van der Waals surface area contributed by atoms with Gasteiger partial charge in [-0.3, -0.25) is 4.79 Å². The minimum Gasteiger partial charge on any atom is -0.364 e. The molecule has 0 aliphatic carbocycles. The van der Waals surface area contributed by atoms with Gasteiger partial charge in [0.2, 0.25) is 5.91 Å². The standard InChI is InChI=1S/C26H35N3O/c1-18(2)29-24-14-19(3)22(15-23(24)20(4)16-26(29,5)6)17-27-28-25(30)13-12-21-10-8-7-9-11-21/h7-11,14-15,17-18,20H,12-13,16H2,1-6H3,(H,28,30)/b27-17+/t20-/m0/s1. The minimum atomic E-state index is -0.0631. The van der Waals surface area contributed by atoms with Crippen LogP contribution in [0.15, 0.2) is 47.6 Å². The monoisotopic (exact) mass is 405 g/mol. The SMILES string of the molecule is Cc1cc2c(cc1/C=N/NC(=O)CCc1ccccc1)[C@@H](C)CC(C)(C)N2C(C)C. The maximum Gasteiger partial charge on any atom is 0.240 e. The van der Waals surface area contributed by atoms with Crippen molar-refractivity contribution in [3.05, 3.63) is 64.7 Å². The second-order valence-corrected chi connectivity index (χ2v) is 9.43. The van der Waals surface area contributed by atoms with Gasteiger partial charge in [0.05, 0.1) is 6.21 Å². The highest BCUT2D eigenvalue weighted by Crippen LogP contribution is 2.45. The van der Waals surface area contributed by atoms with Gasteiger partial charge in [-0.15, -0.1) is 0 Å². The average molecular weight is 406 g/mol. The third-order valence-corrected chi connectivity index (χ3v) is 6.06. The van der Waals surface area contributed by atoms with Crippen molar-refractivity contribution in [3.63, 3.8) is 0 Å². The molecule has 30 heavy (non-hydrogen) atoms. The molecule has 0 aromatic heterocycles. The number of hydrogen-bond donors (Lipinski definition) is 1. The number of carbonyl (C=O) groups excluding carboxylic acids is 1. The fourth-order valence-corrected chi connectivity index (χ4v) is 4.86. The van der Waals surface area contributed by atoms with Gasteiger partial charge in [0.15, 0.2) is 0 Å². The summed E-state index contributed by atoms with van der Waals surface area (Å²) in [5.74, 6) is 0.421. The van der Waals surface area contributed by atoms with Crippen LogP contribution < -0.4 is 10.3 Å². The number of anilines is 1. The van der Waals surface area contributed by atoms with E-state index < -0.39 is 0 Å². The second kappa shape index (κ2) is 9.03. The van der Waals surface area contributed by atoms with E-state index in [2.05, 4.69) is 69.1 Å². The zero-order chi connectivity index (χ0) is 21.9. The summed E-state index contributed by atoms with van der Waals surface area (Å²) in [5, 5.41) is 4.23. The van der Waals surface area contributed by atoms with E-state index in [1.54, 1.807) is 6.21 Å². The van der Waals surface area contributed by atoms with Gasteiger partial charge in [0.25, 0.3) is 0 Å². The van der Waals surface area contributed by atoms with Gasteiger partial charge in [0.1, 0.15) is 0 Å². The summed E-state index contributed by atoms with van der Waals surface area (Å²) in [7, 11) is 0. The first-order chi connectivity index (χ1) is 14.2. The number of amides is 1. The van der Waals surface area contributed by atoms with E-state index >= 15 is 0 Å². The van der Waals surface area contributed by atoms with Gasteiger partial charge in [-0.2, -0.15) is 5.10 Å². The number of benzene rings is 2. The normalized spacial score (nSPS) is 18.0. The maximum absolute atomic E-state index is 12.1. The molecule has 4 nitrogen and oxygen atoms in total. The smallest absolute Gasteiger partial charge is 0.240 e. The third kappa shape index (κ3) is 4.92. The van der Waals surface area contributed by atoms with E-state index in [1.807, 2.05) is 30.3 Å². The number of hydrogen-bond acceptors (Lipinski definition) is 3. The van der Waals surface area contributed by atoms with Crippen LogP contribution >= 0.6 is 0 Å². The number of fused-ring (bicyclic) bond motifs is 1. The van der Waals surface area contributed by atoms with Crippen LogP contribution in [0.3, 0.4) is 0 Å². The summed E-state index contributed by atoms with van der Waals surface area (Å²) in [4.78, 5) is 14.7. The molecule has 1 heterocycles. The van der Waals surface area contributed by atoms with Crippen molar-refractivity contribution in [2.45, 2.75) is 78.3 Å². The van der Waals surface area contributed by atoms with Crippen molar-refractivity contribution in [1.29, 1.82) is 0 Å². The summed E-state index contributed by atoms with van der Waals surface area (Å²) in [6.45, 7) is 13.6. The van der Waals surface area contributed by atoms with Crippen molar-refractivity contribution in [2.24, 2.45) is 5.10 Å². The van der Waals surface area contributed by atoms with E-state index in [4.69, 9.17) is 0 Å². The minimum absolute atomic E-state index is 0.0631. The summed E-state index contributed by atoms with van der Waals surface area (Å²) >= 11 is 0. The fraction of sp³-hybridized carbons (Fsp3) is 0.462. The molecule has 3 rings (SSSR count). The van der Waals surface area contributed by atoms with Crippen LogP contribution in [0.2, 0.25) is 0 Å². The molecule has 2 aromatic rings. The first kappa shape index (κ1) is 22.1. The Labute approximate surface area is 181 Å². The molecule has 1 atom stereocenters. The van der Waals surface area contributed by atoms with E-state index in [1.165, 1.54) is 16.8 Å². The van der Waals surface area contributed by atoms with Crippen LogP contribution in [0.4, 0.5) is 5.69 Å². The summed E-state index contributed by atoms with van der Waals surface area (Å²) < 4.78 is 0. The Morgan fingerprint density at radius 2 is 1.97 bits per heavy atom. The number of rotatable bonds is 6. The van der Waals surface area contributed by atoms with Gasteiger partial charge >= 0.3 is 0 Å². The van der Waals surface area contributed by atoms with Gasteiger partial charge in [-0.25, -0.2) is 5.43 Å². The highest BCUT2D eigenvalue weighted by atomic mass is 16.2. The van der Waals surface area contributed by atoms with Gasteiger partial charge in [-0.1, -0.05) is 37.3 Å². The number of aryl methyl sites for hydroxylation is 2. The van der Waals surface area contributed by atoms with Crippen molar-refractivity contribution in [3.8, 4) is 0 Å². The zero-order valence-corrected chi connectivity index (χ0v) is 19.2. The molecule has 0 fully saturated rings. The molecule has 160 valence electrons.